The molecule has 1 aliphatic rings. The molecule has 2 rings (SSSR count). The molecule has 0 amide bonds. The van der Waals surface area contributed by atoms with Crippen LogP contribution in [0.2, 0.25) is 0 Å². The lowest BCUT2D eigenvalue weighted by Gasteiger charge is -2.33. The van der Waals surface area contributed by atoms with E-state index in [4.69, 9.17) is 0 Å². The van der Waals surface area contributed by atoms with Crippen molar-refractivity contribution in [3.63, 3.8) is 0 Å². The lowest BCUT2D eigenvalue weighted by atomic mass is 9.78. The van der Waals surface area contributed by atoms with Crippen molar-refractivity contribution in [2.24, 2.45) is 5.92 Å². The Morgan fingerprint density at radius 3 is 2.56 bits per heavy atom. The predicted molar refractivity (Wildman–Crippen MR) is 62.5 cm³/mol. The monoisotopic (exact) mass is 220 g/mol. The van der Waals surface area contributed by atoms with Crippen molar-refractivity contribution in [2.75, 3.05) is 0 Å². The molecule has 0 bridgehead atoms. The van der Waals surface area contributed by atoms with Crippen LogP contribution < -0.4 is 0 Å². The van der Waals surface area contributed by atoms with Gasteiger partial charge in [-0.05, 0) is 43.9 Å². The highest BCUT2D eigenvalue weighted by atomic mass is 19.1. The Labute approximate surface area is 95.6 Å². The van der Waals surface area contributed by atoms with Crippen LogP contribution in [0.4, 0.5) is 4.39 Å². The molecule has 0 aromatic heterocycles. The summed E-state index contributed by atoms with van der Waals surface area (Å²) in [6.07, 6.45) is 7.38. The van der Waals surface area contributed by atoms with Crippen LogP contribution in [0.1, 0.15) is 31.7 Å². The fraction of sp³-hybridized carbons (Fsp3) is 0.429. The lowest BCUT2D eigenvalue weighted by Crippen LogP contribution is -2.31. The second kappa shape index (κ2) is 4.38. The Kier molecular flexibility index (Phi) is 3.10. The van der Waals surface area contributed by atoms with Gasteiger partial charge in [-0.1, -0.05) is 24.3 Å². The SMILES string of the molecule is C[C@@](O)(c1ccc(F)cc1)C1C=CCCC1. The number of allylic oxidation sites excluding steroid dienone is 1. The van der Waals surface area contributed by atoms with Crippen LogP contribution in [-0.4, -0.2) is 5.11 Å². The first-order valence-corrected chi connectivity index (χ1v) is 5.76. The van der Waals surface area contributed by atoms with Crippen LogP contribution in [-0.2, 0) is 5.60 Å². The van der Waals surface area contributed by atoms with E-state index in [1.165, 1.54) is 12.1 Å². The van der Waals surface area contributed by atoms with Crippen molar-refractivity contribution in [3.8, 4) is 0 Å². The van der Waals surface area contributed by atoms with E-state index in [0.717, 1.165) is 24.8 Å². The smallest absolute Gasteiger partial charge is 0.123 e. The first-order chi connectivity index (χ1) is 7.60. The zero-order chi connectivity index (χ0) is 11.6. The first-order valence-electron chi connectivity index (χ1n) is 5.76. The predicted octanol–water partition coefficient (Wildman–Crippen LogP) is 3.39. The molecule has 1 nitrogen and oxygen atoms in total. The molecule has 0 fully saturated rings. The number of aliphatic hydroxyl groups is 1. The molecule has 1 aromatic carbocycles. The zero-order valence-corrected chi connectivity index (χ0v) is 9.49. The molecule has 1 N–H and O–H groups in total. The van der Waals surface area contributed by atoms with E-state index < -0.39 is 5.60 Å². The molecule has 0 heterocycles. The average molecular weight is 220 g/mol. The van der Waals surface area contributed by atoms with E-state index in [1.54, 1.807) is 19.1 Å². The Morgan fingerprint density at radius 2 is 2.00 bits per heavy atom. The number of halogens is 1. The van der Waals surface area contributed by atoms with Crippen molar-refractivity contribution in [2.45, 2.75) is 31.8 Å². The molecule has 16 heavy (non-hydrogen) atoms. The average Bonchev–Trinajstić information content (AvgIpc) is 2.31. The van der Waals surface area contributed by atoms with Gasteiger partial charge in [0.15, 0.2) is 0 Å². The number of hydrogen-bond donors (Lipinski definition) is 1. The molecule has 1 aromatic rings. The topological polar surface area (TPSA) is 20.2 Å². The van der Waals surface area contributed by atoms with Crippen molar-refractivity contribution in [3.05, 3.63) is 47.8 Å². The van der Waals surface area contributed by atoms with Crippen molar-refractivity contribution >= 4 is 0 Å². The summed E-state index contributed by atoms with van der Waals surface area (Å²) in [5, 5.41) is 10.5. The summed E-state index contributed by atoms with van der Waals surface area (Å²) >= 11 is 0. The Morgan fingerprint density at radius 1 is 1.31 bits per heavy atom. The maximum absolute atomic E-state index is 12.8. The molecule has 1 unspecified atom stereocenters. The molecule has 2 atom stereocenters. The van der Waals surface area contributed by atoms with E-state index in [-0.39, 0.29) is 11.7 Å². The van der Waals surface area contributed by atoms with E-state index >= 15 is 0 Å². The van der Waals surface area contributed by atoms with Gasteiger partial charge in [0.1, 0.15) is 5.82 Å². The summed E-state index contributed by atoms with van der Waals surface area (Å²) in [6.45, 7) is 1.81. The minimum atomic E-state index is -0.898. The number of benzene rings is 1. The molecule has 0 saturated heterocycles. The van der Waals surface area contributed by atoms with Gasteiger partial charge in [0.05, 0.1) is 5.60 Å². The van der Waals surface area contributed by atoms with E-state index in [0.29, 0.717) is 0 Å². The summed E-state index contributed by atoms with van der Waals surface area (Å²) < 4.78 is 12.8. The Hall–Kier alpha value is -1.15. The maximum Gasteiger partial charge on any atom is 0.123 e. The van der Waals surface area contributed by atoms with Gasteiger partial charge in [-0.3, -0.25) is 0 Å². The van der Waals surface area contributed by atoms with Crippen LogP contribution in [0.15, 0.2) is 36.4 Å². The van der Waals surface area contributed by atoms with Crippen molar-refractivity contribution in [1.29, 1.82) is 0 Å². The number of rotatable bonds is 2. The third-order valence-electron chi connectivity index (χ3n) is 3.40. The summed E-state index contributed by atoms with van der Waals surface area (Å²) in [4.78, 5) is 0. The quantitative estimate of drug-likeness (QED) is 0.757. The highest BCUT2D eigenvalue weighted by molar-refractivity contribution is 5.25. The fourth-order valence-electron chi connectivity index (χ4n) is 2.28. The van der Waals surface area contributed by atoms with Crippen LogP contribution in [0.3, 0.4) is 0 Å². The van der Waals surface area contributed by atoms with E-state index in [1.807, 2.05) is 0 Å². The summed E-state index contributed by atoms with van der Waals surface area (Å²) in [6, 6.07) is 6.13. The van der Waals surface area contributed by atoms with Crippen LogP contribution in [0.25, 0.3) is 0 Å². The van der Waals surface area contributed by atoms with Crippen molar-refractivity contribution in [1.82, 2.24) is 0 Å². The minimum absolute atomic E-state index is 0.131. The third-order valence-corrected chi connectivity index (χ3v) is 3.40. The normalized spacial score (nSPS) is 24.1. The molecular weight excluding hydrogens is 203 g/mol. The van der Waals surface area contributed by atoms with Gasteiger partial charge in [0.25, 0.3) is 0 Å². The molecule has 0 saturated carbocycles. The second-order valence-corrected chi connectivity index (χ2v) is 4.62. The van der Waals surface area contributed by atoms with Gasteiger partial charge in [-0.15, -0.1) is 0 Å². The number of hydrogen-bond acceptors (Lipinski definition) is 1. The second-order valence-electron chi connectivity index (χ2n) is 4.62. The van der Waals surface area contributed by atoms with E-state index in [9.17, 15) is 9.50 Å². The molecular formula is C14H17FO. The fourth-order valence-corrected chi connectivity index (χ4v) is 2.28. The summed E-state index contributed by atoms with van der Waals surface area (Å²) in [7, 11) is 0. The maximum atomic E-state index is 12.8. The van der Waals surface area contributed by atoms with Gasteiger partial charge in [-0.2, -0.15) is 0 Å². The zero-order valence-electron chi connectivity index (χ0n) is 9.49. The molecule has 2 heteroatoms. The van der Waals surface area contributed by atoms with Gasteiger partial charge >= 0.3 is 0 Å². The molecule has 0 radical (unpaired) electrons. The van der Waals surface area contributed by atoms with Gasteiger partial charge in [0, 0.05) is 5.92 Å². The van der Waals surface area contributed by atoms with Gasteiger partial charge < -0.3 is 5.11 Å². The van der Waals surface area contributed by atoms with Crippen molar-refractivity contribution < 1.29 is 9.50 Å². The van der Waals surface area contributed by atoms with E-state index in [2.05, 4.69) is 12.2 Å². The van der Waals surface area contributed by atoms with Gasteiger partial charge in [-0.25, -0.2) is 4.39 Å². The third kappa shape index (κ3) is 2.17. The Bertz CT molecular complexity index is 378. The molecule has 0 spiro atoms. The highest BCUT2D eigenvalue weighted by Gasteiger charge is 2.32. The first kappa shape index (κ1) is 11.3. The molecule has 0 aliphatic heterocycles. The van der Waals surface area contributed by atoms with Gasteiger partial charge in [0.2, 0.25) is 0 Å². The molecule has 1 aliphatic carbocycles. The van der Waals surface area contributed by atoms with Crippen LogP contribution >= 0.6 is 0 Å². The molecule has 86 valence electrons. The minimum Gasteiger partial charge on any atom is -0.385 e. The summed E-state index contributed by atoms with van der Waals surface area (Å²) in [5.41, 5.74) is -0.115. The largest absolute Gasteiger partial charge is 0.385 e. The lowest BCUT2D eigenvalue weighted by molar-refractivity contribution is 0.00795. The standard InChI is InChI=1S/C14H17FO/c1-14(16,11-5-3-2-4-6-11)12-7-9-13(15)10-8-12/h3,5,7-11,16H,2,4,6H2,1H3/t11?,14-/m0/s1. The van der Waals surface area contributed by atoms with Crippen LogP contribution in [0.5, 0.6) is 0 Å². The highest BCUT2D eigenvalue weighted by Crippen LogP contribution is 2.35. The summed E-state index contributed by atoms with van der Waals surface area (Å²) in [5.74, 6) is -0.134. The van der Waals surface area contributed by atoms with Crippen LogP contribution in [0, 0.1) is 11.7 Å². The Balaban J connectivity index is 2.26.